The summed E-state index contributed by atoms with van der Waals surface area (Å²) in [6, 6.07) is 10.4. The highest BCUT2D eigenvalue weighted by atomic mass is 32.2. The Hall–Kier alpha value is -3.18. The van der Waals surface area contributed by atoms with E-state index in [2.05, 4.69) is 4.74 Å². The summed E-state index contributed by atoms with van der Waals surface area (Å²) in [6.07, 6.45) is 2.93. The topological polar surface area (TPSA) is 85.4 Å². The second-order valence-corrected chi connectivity index (χ2v) is 9.25. The van der Waals surface area contributed by atoms with Crippen LogP contribution in [0.1, 0.15) is 5.56 Å². The van der Waals surface area contributed by atoms with Gasteiger partial charge in [0, 0.05) is 38.3 Å². The fourth-order valence-corrected chi connectivity index (χ4v) is 4.95. The molecule has 0 spiro atoms. The summed E-state index contributed by atoms with van der Waals surface area (Å²) >= 11 is 0. The first-order valence-corrected chi connectivity index (χ1v) is 11.7. The molecule has 0 radical (unpaired) electrons. The summed E-state index contributed by atoms with van der Waals surface area (Å²) in [5, 5.41) is 0. The maximum atomic E-state index is 13.0. The Labute approximate surface area is 190 Å². The number of carbonyl (C=O) groups is 1. The second kappa shape index (κ2) is 9.75. The molecule has 0 atom stereocenters. The van der Waals surface area contributed by atoms with Crippen LogP contribution >= 0.6 is 0 Å². The summed E-state index contributed by atoms with van der Waals surface area (Å²) in [4.78, 5) is 14.2. The quantitative estimate of drug-likeness (QED) is 0.591. The van der Waals surface area contributed by atoms with Gasteiger partial charge in [0.25, 0.3) is 0 Å². The van der Waals surface area contributed by atoms with Gasteiger partial charge in [0.2, 0.25) is 15.9 Å². The van der Waals surface area contributed by atoms with Crippen molar-refractivity contribution >= 4 is 22.0 Å². The SMILES string of the molecule is O=C(/C=C/c1ccc(OC(F)F)cc1)N1CCN(S(=O)(=O)c2ccc3c(c2)OCCO3)CC1. The molecule has 1 fully saturated rings. The van der Waals surface area contributed by atoms with E-state index < -0.39 is 16.6 Å². The van der Waals surface area contributed by atoms with E-state index in [0.29, 0.717) is 30.3 Å². The number of hydrogen-bond donors (Lipinski definition) is 0. The van der Waals surface area contributed by atoms with Crippen LogP contribution in [0.3, 0.4) is 0 Å². The average Bonchev–Trinajstić information content (AvgIpc) is 2.83. The Morgan fingerprint density at radius 1 is 0.970 bits per heavy atom. The van der Waals surface area contributed by atoms with Crippen molar-refractivity contribution in [3.63, 3.8) is 0 Å². The van der Waals surface area contributed by atoms with Crippen molar-refractivity contribution in [2.45, 2.75) is 11.5 Å². The summed E-state index contributed by atoms with van der Waals surface area (Å²) in [7, 11) is -3.74. The van der Waals surface area contributed by atoms with Crippen LogP contribution in [-0.2, 0) is 14.8 Å². The molecule has 8 nitrogen and oxygen atoms in total. The molecule has 176 valence electrons. The number of fused-ring (bicyclic) bond motifs is 1. The Kier molecular flexibility index (Phi) is 6.80. The minimum atomic E-state index is -3.74. The lowest BCUT2D eigenvalue weighted by molar-refractivity contribution is -0.127. The van der Waals surface area contributed by atoms with Crippen LogP contribution in [0, 0.1) is 0 Å². The van der Waals surface area contributed by atoms with Crippen LogP contribution in [0.4, 0.5) is 8.78 Å². The summed E-state index contributed by atoms with van der Waals surface area (Å²) in [6.45, 7) is -1.31. The Balaban J connectivity index is 1.34. The van der Waals surface area contributed by atoms with Gasteiger partial charge in [0.1, 0.15) is 19.0 Å². The normalized spacial score (nSPS) is 16.9. The lowest BCUT2D eigenvalue weighted by Crippen LogP contribution is -2.50. The molecule has 0 aliphatic carbocycles. The third-order valence-electron chi connectivity index (χ3n) is 5.23. The molecule has 0 bridgehead atoms. The van der Waals surface area contributed by atoms with Crippen molar-refractivity contribution in [1.82, 2.24) is 9.21 Å². The third-order valence-corrected chi connectivity index (χ3v) is 7.12. The number of rotatable bonds is 6. The van der Waals surface area contributed by atoms with Gasteiger partial charge in [0.15, 0.2) is 11.5 Å². The highest BCUT2D eigenvalue weighted by Crippen LogP contribution is 2.33. The fourth-order valence-electron chi connectivity index (χ4n) is 3.52. The van der Waals surface area contributed by atoms with Crippen molar-refractivity contribution in [2.75, 3.05) is 39.4 Å². The van der Waals surface area contributed by atoms with E-state index in [-0.39, 0.29) is 42.7 Å². The number of carbonyl (C=O) groups excluding carboxylic acids is 1. The minimum absolute atomic E-state index is 0.0313. The molecule has 33 heavy (non-hydrogen) atoms. The first-order chi connectivity index (χ1) is 15.8. The number of nitrogens with zero attached hydrogens (tertiary/aromatic N) is 2. The molecular weight excluding hydrogens is 458 g/mol. The number of hydrogen-bond acceptors (Lipinski definition) is 6. The maximum absolute atomic E-state index is 13.0. The summed E-state index contributed by atoms with van der Waals surface area (Å²) in [5.41, 5.74) is 0.643. The fraction of sp³-hybridized carbons (Fsp3) is 0.318. The average molecular weight is 480 g/mol. The molecule has 2 aliphatic heterocycles. The molecule has 0 N–H and O–H groups in total. The van der Waals surface area contributed by atoms with Crippen molar-refractivity contribution in [3.8, 4) is 17.2 Å². The number of amides is 1. The summed E-state index contributed by atoms with van der Waals surface area (Å²) < 4.78 is 67.0. The Bertz CT molecular complexity index is 1130. The second-order valence-electron chi connectivity index (χ2n) is 7.32. The number of piperazine rings is 1. The summed E-state index contributed by atoms with van der Waals surface area (Å²) in [5.74, 6) is 0.678. The van der Waals surface area contributed by atoms with Gasteiger partial charge >= 0.3 is 6.61 Å². The molecular formula is C22H22F2N2O6S. The zero-order chi connectivity index (χ0) is 23.4. The van der Waals surface area contributed by atoms with Gasteiger partial charge in [-0.2, -0.15) is 13.1 Å². The molecule has 2 heterocycles. The smallest absolute Gasteiger partial charge is 0.387 e. The molecule has 0 saturated carbocycles. The van der Waals surface area contributed by atoms with Gasteiger partial charge in [-0.1, -0.05) is 12.1 Å². The van der Waals surface area contributed by atoms with Gasteiger partial charge in [-0.3, -0.25) is 4.79 Å². The van der Waals surface area contributed by atoms with Gasteiger partial charge in [-0.05, 0) is 35.9 Å². The third kappa shape index (κ3) is 5.42. The molecule has 1 saturated heterocycles. The lowest BCUT2D eigenvalue weighted by atomic mass is 10.2. The standard InChI is InChI=1S/C22H22F2N2O6S/c23-22(24)32-17-4-1-16(2-5-17)3-8-21(27)25-9-11-26(12-10-25)33(28,29)18-6-7-19-20(15-18)31-14-13-30-19/h1-8,15,22H,9-14H2/b8-3+. The van der Waals surface area contributed by atoms with E-state index in [1.165, 1.54) is 34.6 Å². The van der Waals surface area contributed by atoms with Crippen LogP contribution in [-0.4, -0.2) is 69.5 Å². The van der Waals surface area contributed by atoms with Crippen molar-refractivity contribution < 1.29 is 36.2 Å². The molecule has 2 aliphatic rings. The van der Waals surface area contributed by atoms with Crippen molar-refractivity contribution in [1.29, 1.82) is 0 Å². The van der Waals surface area contributed by atoms with Gasteiger partial charge in [-0.15, -0.1) is 0 Å². The van der Waals surface area contributed by atoms with Gasteiger partial charge < -0.3 is 19.1 Å². The van der Waals surface area contributed by atoms with Crippen molar-refractivity contribution in [3.05, 3.63) is 54.1 Å². The van der Waals surface area contributed by atoms with Crippen LogP contribution in [0.5, 0.6) is 17.2 Å². The number of ether oxygens (including phenoxy) is 3. The largest absolute Gasteiger partial charge is 0.486 e. The zero-order valence-corrected chi connectivity index (χ0v) is 18.3. The molecule has 2 aromatic rings. The first kappa shape index (κ1) is 23.0. The molecule has 11 heteroatoms. The number of benzene rings is 2. The van der Waals surface area contributed by atoms with Crippen LogP contribution in [0.2, 0.25) is 0 Å². The molecule has 2 aromatic carbocycles. The Morgan fingerprint density at radius 2 is 1.64 bits per heavy atom. The van der Waals surface area contributed by atoms with Gasteiger partial charge in [0.05, 0.1) is 4.90 Å². The van der Waals surface area contributed by atoms with Crippen LogP contribution in [0.15, 0.2) is 53.4 Å². The van der Waals surface area contributed by atoms with E-state index in [4.69, 9.17) is 9.47 Å². The molecule has 4 rings (SSSR count). The van der Waals surface area contributed by atoms with E-state index >= 15 is 0 Å². The van der Waals surface area contributed by atoms with E-state index in [0.717, 1.165) is 0 Å². The number of sulfonamides is 1. The van der Waals surface area contributed by atoms with Crippen LogP contribution in [0.25, 0.3) is 6.08 Å². The number of halogens is 2. The van der Waals surface area contributed by atoms with E-state index in [1.54, 1.807) is 29.2 Å². The van der Waals surface area contributed by atoms with E-state index in [9.17, 15) is 22.0 Å². The predicted octanol–water partition coefficient (Wildman–Crippen LogP) is 2.61. The molecule has 0 unspecified atom stereocenters. The molecule has 1 amide bonds. The monoisotopic (exact) mass is 480 g/mol. The highest BCUT2D eigenvalue weighted by molar-refractivity contribution is 7.89. The van der Waals surface area contributed by atoms with Crippen LogP contribution < -0.4 is 14.2 Å². The predicted molar refractivity (Wildman–Crippen MR) is 115 cm³/mol. The maximum Gasteiger partial charge on any atom is 0.387 e. The van der Waals surface area contributed by atoms with Gasteiger partial charge in [-0.25, -0.2) is 8.42 Å². The first-order valence-electron chi connectivity index (χ1n) is 10.2. The van der Waals surface area contributed by atoms with E-state index in [1.807, 2.05) is 0 Å². The lowest BCUT2D eigenvalue weighted by Gasteiger charge is -2.33. The van der Waals surface area contributed by atoms with Crippen molar-refractivity contribution in [2.24, 2.45) is 0 Å². The number of alkyl halides is 2. The molecule has 0 aromatic heterocycles. The zero-order valence-electron chi connectivity index (χ0n) is 17.5. The minimum Gasteiger partial charge on any atom is -0.486 e. The highest BCUT2D eigenvalue weighted by Gasteiger charge is 2.30. The Morgan fingerprint density at radius 3 is 2.30 bits per heavy atom.